The van der Waals surface area contributed by atoms with Gasteiger partial charge in [-0.1, -0.05) is 44.2 Å². The van der Waals surface area contributed by atoms with E-state index in [2.05, 4.69) is 12.1 Å². The SMILES string of the molecule is CCN(CC)C(=O)c1ccc(CCC2CCCCC2)cc1. The first-order chi connectivity index (χ1) is 10.2. The number of aryl methyl sites for hydroxylation is 1. The Kier molecular flexibility index (Phi) is 6.28. The zero-order valence-electron chi connectivity index (χ0n) is 13.6. The Morgan fingerprint density at radius 3 is 2.24 bits per heavy atom. The number of nitrogens with zero attached hydrogens (tertiary/aromatic N) is 1. The lowest BCUT2D eigenvalue weighted by Gasteiger charge is -2.21. The minimum absolute atomic E-state index is 0.152. The van der Waals surface area contributed by atoms with E-state index >= 15 is 0 Å². The molecule has 0 heterocycles. The quantitative estimate of drug-likeness (QED) is 0.744. The first kappa shape index (κ1) is 16.1. The molecule has 2 rings (SSSR count). The zero-order valence-corrected chi connectivity index (χ0v) is 13.6. The fourth-order valence-corrected chi connectivity index (χ4v) is 3.35. The summed E-state index contributed by atoms with van der Waals surface area (Å²) in [6, 6.07) is 8.27. The van der Waals surface area contributed by atoms with Gasteiger partial charge in [-0.3, -0.25) is 4.79 Å². The maximum absolute atomic E-state index is 12.2. The molecule has 1 aromatic rings. The molecule has 1 aliphatic rings. The third-order valence-corrected chi connectivity index (χ3v) is 4.82. The van der Waals surface area contributed by atoms with Gasteiger partial charge in [0.25, 0.3) is 5.91 Å². The van der Waals surface area contributed by atoms with Gasteiger partial charge in [0.1, 0.15) is 0 Å². The summed E-state index contributed by atoms with van der Waals surface area (Å²) in [5, 5.41) is 0. The van der Waals surface area contributed by atoms with Gasteiger partial charge < -0.3 is 4.90 Å². The van der Waals surface area contributed by atoms with Gasteiger partial charge in [-0.25, -0.2) is 0 Å². The van der Waals surface area contributed by atoms with Crippen LogP contribution in [0.25, 0.3) is 0 Å². The Morgan fingerprint density at radius 2 is 1.67 bits per heavy atom. The van der Waals surface area contributed by atoms with E-state index in [0.717, 1.165) is 31.0 Å². The van der Waals surface area contributed by atoms with Crippen molar-refractivity contribution in [3.63, 3.8) is 0 Å². The molecule has 0 N–H and O–H groups in total. The van der Waals surface area contributed by atoms with E-state index in [0.29, 0.717) is 0 Å². The van der Waals surface area contributed by atoms with Crippen LogP contribution in [0.15, 0.2) is 24.3 Å². The maximum Gasteiger partial charge on any atom is 0.253 e. The van der Waals surface area contributed by atoms with Crippen LogP contribution >= 0.6 is 0 Å². The lowest BCUT2D eigenvalue weighted by Crippen LogP contribution is -2.30. The average Bonchev–Trinajstić information content (AvgIpc) is 2.55. The first-order valence-corrected chi connectivity index (χ1v) is 8.62. The molecule has 116 valence electrons. The Balaban J connectivity index is 1.87. The van der Waals surface area contributed by atoms with E-state index < -0.39 is 0 Å². The highest BCUT2D eigenvalue weighted by atomic mass is 16.2. The summed E-state index contributed by atoms with van der Waals surface area (Å²) in [4.78, 5) is 14.1. The van der Waals surface area contributed by atoms with Crippen LogP contribution in [0.2, 0.25) is 0 Å². The Hall–Kier alpha value is -1.31. The summed E-state index contributed by atoms with van der Waals surface area (Å²) in [5.41, 5.74) is 2.19. The summed E-state index contributed by atoms with van der Waals surface area (Å²) in [6.07, 6.45) is 9.56. The summed E-state index contributed by atoms with van der Waals surface area (Å²) in [6.45, 7) is 5.61. The van der Waals surface area contributed by atoms with Crippen LogP contribution in [0.5, 0.6) is 0 Å². The van der Waals surface area contributed by atoms with Crippen molar-refractivity contribution < 1.29 is 4.79 Å². The maximum atomic E-state index is 12.2. The number of carbonyl (C=O) groups excluding carboxylic acids is 1. The van der Waals surface area contributed by atoms with E-state index in [1.165, 1.54) is 44.1 Å². The van der Waals surface area contributed by atoms with Crippen LogP contribution in [0.3, 0.4) is 0 Å². The molecule has 0 radical (unpaired) electrons. The standard InChI is InChI=1S/C19H29NO/c1-3-20(4-2)19(21)18-14-12-17(13-15-18)11-10-16-8-6-5-7-9-16/h12-16H,3-11H2,1-2H3. The number of rotatable bonds is 6. The van der Waals surface area contributed by atoms with Gasteiger partial charge in [-0.05, 0) is 50.3 Å². The van der Waals surface area contributed by atoms with Crippen LogP contribution in [-0.4, -0.2) is 23.9 Å². The minimum Gasteiger partial charge on any atom is -0.339 e. The fraction of sp³-hybridized carbons (Fsp3) is 0.632. The van der Waals surface area contributed by atoms with Gasteiger partial charge >= 0.3 is 0 Å². The number of amides is 1. The van der Waals surface area contributed by atoms with Gasteiger partial charge in [0.05, 0.1) is 0 Å². The molecule has 1 aromatic carbocycles. The monoisotopic (exact) mass is 287 g/mol. The fourth-order valence-electron chi connectivity index (χ4n) is 3.35. The predicted octanol–water partition coefficient (Wildman–Crippen LogP) is 4.68. The van der Waals surface area contributed by atoms with Crippen molar-refractivity contribution in [3.8, 4) is 0 Å². The van der Waals surface area contributed by atoms with Crippen molar-refractivity contribution in [2.75, 3.05) is 13.1 Å². The molecule has 0 aromatic heterocycles. The average molecular weight is 287 g/mol. The molecule has 0 spiro atoms. The Morgan fingerprint density at radius 1 is 1.05 bits per heavy atom. The number of hydrogen-bond acceptors (Lipinski definition) is 1. The third-order valence-electron chi connectivity index (χ3n) is 4.82. The van der Waals surface area contributed by atoms with Crippen LogP contribution in [-0.2, 0) is 6.42 Å². The highest BCUT2D eigenvalue weighted by Crippen LogP contribution is 2.27. The molecule has 1 aliphatic carbocycles. The molecule has 0 aliphatic heterocycles. The van der Waals surface area contributed by atoms with Gasteiger partial charge in [-0.2, -0.15) is 0 Å². The molecule has 2 nitrogen and oxygen atoms in total. The molecule has 21 heavy (non-hydrogen) atoms. The summed E-state index contributed by atoms with van der Waals surface area (Å²) >= 11 is 0. The van der Waals surface area contributed by atoms with Crippen molar-refractivity contribution >= 4 is 5.91 Å². The summed E-state index contributed by atoms with van der Waals surface area (Å²) in [7, 11) is 0. The Bertz CT molecular complexity index is 427. The molecule has 1 saturated carbocycles. The minimum atomic E-state index is 0.152. The van der Waals surface area contributed by atoms with Crippen molar-refractivity contribution in [2.24, 2.45) is 5.92 Å². The van der Waals surface area contributed by atoms with E-state index in [1.54, 1.807) is 0 Å². The highest BCUT2D eigenvalue weighted by Gasteiger charge is 2.14. The van der Waals surface area contributed by atoms with Crippen molar-refractivity contribution in [3.05, 3.63) is 35.4 Å². The molecule has 2 heteroatoms. The Labute approximate surface area is 129 Å². The van der Waals surface area contributed by atoms with Gasteiger partial charge in [0.2, 0.25) is 0 Å². The van der Waals surface area contributed by atoms with Gasteiger partial charge in [-0.15, -0.1) is 0 Å². The van der Waals surface area contributed by atoms with Gasteiger partial charge in [0, 0.05) is 18.7 Å². The smallest absolute Gasteiger partial charge is 0.253 e. The van der Waals surface area contributed by atoms with Crippen molar-refractivity contribution in [1.29, 1.82) is 0 Å². The molecule has 0 atom stereocenters. The van der Waals surface area contributed by atoms with Crippen LogP contribution in [0.1, 0.15) is 68.3 Å². The van der Waals surface area contributed by atoms with E-state index in [-0.39, 0.29) is 5.91 Å². The second-order valence-electron chi connectivity index (χ2n) is 6.22. The molecular weight excluding hydrogens is 258 g/mol. The normalized spacial score (nSPS) is 15.9. The number of hydrogen-bond donors (Lipinski definition) is 0. The van der Waals surface area contributed by atoms with Crippen LogP contribution in [0.4, 0.5) is 0 Å². The van der Waals surface area contributed by atoms with E-state index in [4.69, 9.17) is 0 Å². The van der Waals surface area contributed by atoms with Gasteiger partial charge in [0.15, 0.2) is 0 Å². The van der Waals surface area contributed by atoms with Crippen LogP contribution in [0, 0.1) is 5.92 Å². The third kappa shape index (κ3) is 4.59. The van der Waals surface area contributed by atoms with E-state index in [1.807, 2.05) is 30.9 Å². The molecule has 0 unspecified atom stereocenters. The second-order valence-corrected chi connectivity index (χ2v) is 6.22. The lowest BCUT2D eigenvalue weighted by atomic mass is 9.85. The van der Waals surface area contributed by atoms with E-state index in [9.17, 15) is 4.79 Å². The molecule has 1 fully saturated rings. The number of benzene rings is 1. The highest BCUT2D eigenvalue weighted by molar-refractivity contribution is 5.94. The molecular formula is C19H29NO. The topological polar surface area (TPSA) is 20.3 Å². The predicted molar refractivity (Wildman–Crippen MR) is 88.6 cm³/mol. The lowest BCUT2D eigenvalue weighted by molar-refractivity contribution is 0.0773. The second kappa shape index (κ2) is 8.21. The zero-order chi connectivity index (χ0) is 15.1. The molecule has 0 saturated heterocycles. The van der Waals surface area contributed by atoms with Crippen LogP contribution < -0.4 is 0 Å². The van der Waals surface area contributed by atoms with Crippen molar-refractivity contribution in [2.45, 2.75) is 58.8 Å². The summed E-state index contributed by atoms with van der Waals surface area (Å²) in [5.74, 6) is 1.08. The van der Waals surface area contributed by atoms with Crippen molar-refractivity contribution in [1.82, 2.24) is 4.90 Å². The molecule has 1 amide bonds. The summed E-state index contributed by atoms with van der Waals surface area (Å²) < 4.78 is 0. The molecule has 0 bridgehead atoms. The number of carbonyl (C=O) groups is 1. The first-order valence-electron chi connectivity index (χ1n) is 8.62. The largest absolute Gasteiger partial charge is 0.339 e.